The van der Waals surface area contributed by atoms with Crippen LogP contribution in [-0.4, -0.2) is 29.4 Å². The summed E-state index contributed by atoms with van der Waals surface area (Å²) >= 11 is 0. The minimum Gasteiger partial charge on any atom is -0.497 e. The zero-order valence-electron chi connectivity index (χ0n) is 12.9. The van der Waals surface area contributed by atoms with E-state index < -0.39 is 10.8 Å². The van der Waals surface area contributed by atoms with Gasteiger partial charge in [0.1, 0.15) is 5.75 Å². The number of rotatable bonds is 5. The predicted octanol–water partition coefficient (Wildman–Crippen LogP) is 2.82. The van der Waals surface area contributed by atoms with Crippen molar-refractivity contribution in [1.29, 1.82) is 0 Å². The number of ether oxygens (including phenoxy) is 1. The molecule has 2 aliphatic carbocycles. The molecule has 21 heavy (non-hydrogen) atoms. The summed E-state index contributed by atoms with van der Waals surface area (Å²) in [6, 6.07) is 6.43. The lowest BCUT2D eigenvalue weighted by atomic mass is 10.1. The second-order valence-corrected chi connectivity index (χ2v) is 7.97. The number of benzene rings is 1. The lowest BCUT2D eigenvalue weighted by molar-refractivity contribution is 0.413. The van der Waals surface area contributed by atoms with Gasteiger partial charge in [-0.15, -0.1) is 0 Å². The zero-order valence-corrected chi connectivity index (χ0v) is 13.7. The fourth-order valence-electron chi connectivity index (χ4n) is 3.83. The van der Waals surface area contributed by atoms with Crippen LogP contribution in [0.5, 0.6) is 5.75 Å². The molecule has 1 saturated carbocycles. The second-order valence-electron chi connectivity index (χ2n) is 6.27. The van der Waals surface area contributed by atoms with Crippen LogP contribution in [0.25, 0.3) is 0 Å². The van der Waals surface area contributed by atoms with Gasteiger partial charge < -0.3 is 10.1 Å². The van der Waals surface area contributed by atoms with E-state index in [9.17, 15) is 4.21 Å². The summed E-state index contributed by atoms with van der Waals surface area (Å²) in [7, 11) is 2.91. The fourth-order valence-corrected chi connectivity index (χ4v) is 5.83. The quantitative estimate of drug-likeness (QED) is 0.909. The lowest BCUT2D eigenvalue weighted by Crippen LogP contribution is -2.32. The summed E-state index contributed by atoms with van der Waals surface area (Å²) in [5, 5.41) is 3.58. The summed E-state index contributed by atoms with van der Waals surface area (Å²) < 4.78 is 18.2. The van der Waals surface area contributed by atoms with Crippen LogP contribution in [0.1, 0.15) is 42.9 Å². The van der Waals surface area contributed by atoms with Crippen molar-refractivity contribution in [3.8, 4) is 5.75 Å². The lowest BCUT2D eigenvalue weighted by Gasteiger charge is -2.21. The molecule has 0 heterocycles. The largest absolute Gasteiger partial charge is 0.497 e. The molecular formula is C17H25NO2S. The Morgan fingerprint density at radius 3 is 2.76 bits per heavy atom. The van der Waals surface area contributed by atoms with Gasteiger partial charge in [0.25, 0.3) is 0 Å². The van der Waals surface area contributed by atoms with Crippen LogP contribution in [-0.2, 0) is 17.2 Å². The van der Waals surface area contributed by atoms with E-state index in [1.165, 1.54) is 36.8 Å². The Hall–Kier alpha value is -0.870. The number of methoxy groups -OCH3 is 1. The Bertz CT molecular complexity index is 526. The molecule has 0 aromatic heterocycles. The average Bonchev–Trinajstić information content (AvgIpc) is 3.12. The number of fused-ring (bicyclic) bond motifs is 1. The van der Waals surface area contributed by atoms with E-state index in [1.54, 1.807) is 7.11 Å². The van der Waals surface area contributed by atoms with Crippen LogP contribution in [0.15, 0.2) is 18.2 Å². The molecule has 3 unspecified atom stereocenters. The molecule has 3 nitrogen and oxygen atoms in total. The van der Waals surface area contributed by atoms with Crippen molar-refractivity contribution in [2.75, 3.05) is 19.9 Å². The van der Waals surface area contributed by atoms with Crippen molar-refractivity contribution < 1.29 is 8.95 Å². The molecule has 0 aliphatic heterocycles. The van der Waals surface area contributed by atoms with Crippen LogP contribution < -0.4 is 10.1 Å². The van der Waals surface area contributed by atoms with Crippen LogP contribution in [0.2, 0.25) is 0 Å². The Labute approximate surface area is 129 Å². The Morgan fingerprint density at radius 1 is 1.33 bits per heavy atom. The van der Waals surface area contributed by atoms with E-state index in [4.69, 9.17) is 4.74 Å². The first-order chi connectivity index (χ1) is 10.2. The van der Waals surface area contributed by atoms with E-state index in [0.29, 0.717) is 5.92 Å². The van der Waals surface area contributed by atoms with E-state index >= 15 is 0 Å². The Balaban J connectivity index is 1.76. The van der Waals surface area contributed by atoms with Crippen molar-refractivity contribution in [3.05, 3.63) is 29.3 Å². The van der Waals surface area contributed by atoms with Gasteiger partial charge in [0.2, 0.25) is 0 Å². The topological polar surface area (TPSA) is 38.3 Å². The summed E-state index contributed by atoms with van der Waals surface area (Å²) in [4.78, 5) is 0. The van der Waals surface area contributed by atoms with Gasteiger partial charge in [-0.25, -0.2) is 0 Å². The van der Waals surface area contributed by atoms with Gasteiger partial charge in [0.15, 0.2) is 0 Å². The van der Waals surface area contributed by atoms with Crippen molar-refractivity contribution in [2.24, 2.45) is 5.92 Å². The highest BCUT2D eigenvalue weighted by Gasteiger charge is 2.36. The maximum absolute atomic E-state index is 12.8. The average molecular weight is 307 g/mol. The van der Waals surface area contributed by atoms with Crippen LogP contribution in [0.4, 0.5) is 0 Å². The van der Waals surface area contributed by atoms with Crippen molar-refractivity contribution in [2.45, 2.75) is 43.4 Å². The highest BCUT2D eigenvalue weighted by molar-refractivity contribution is 7.85. The first kappa shape index (κ1) is 15.0. The molecule has 3 atom stereocenters. The summed E-state index contributed by atoms with van der Waals surface area (Å²) in [6.07, 6.45) is 6.09. The smallest absolute Gasteiger partial charge is 0.119 e. The Kier molecular flexibility index (Phi) is 4.65. The number of hydrogen-bond acceptors (Lipinski definition) is 3. The third-order valence-electron chi connectivity index (χ3n) is 5.00. The van der Waals surface area contributed by atoms with Crippen LogP contribution >= 0.6 is 0 Å². The van der Waals surface area contributed by atoms with Gasteiger partial charge in [0, 0.05) is 22.6 Å². The molecule has 1 aromatic carbocycles. The minimum atomic E-state index is -0.753. The molecule has 4 heteroatoms. The summed E-state index contributed by atoms with van der Waals surface area (Å²) in [5.41, 5.74) is 2.58. The van der Waals surface area contributed by atoms with Crippen molar-refractivity contribution in [1.82, 2.24) is 5.32 Å². The van der Waals surface area contributed by atoms with E-state index in [2.05, 4.69) is 17.4 Å². The van der Waals surface area contributed by atoms with Gasteiger partial charge in [-0.3, -0.25) is 4.21 Å². The predicted molar refractivity (Wildman–Crippen MR) is 87.3 cm³/mol. The normalized spacial score (nSPS) is 26.8. The molecule has 0 saturated heterocycles. The summed E-state index contributed by atoms with van der Waals surface area (Å²) in [6.45, 7) is 0. The van der Waals surface area contributed by atoms with Crippen LogP contribution in [0.3, 0.4) is 0 Å². The fraction of sp³-hybridized carbons (Fsp3) is 0.647. The molecule has 0 radical (unpaired) electrons. The molecule has 3 rings (SSSR count). The Morgan fingerprint density at radius 2 is 2.10 bits per heavy atom. The van der Waals surface area contributed by atoms with Crippen molar-refractivity contribution in [3.63, 3.8) is 0 Å². The SMILES string of the molecule is CNC1c2cc(OC)ccc2CC1S(=O)CC1CCCC1. The van der Waals surface area contributed by atoms with E-state index in [1.807, 2.05) is 13.1 Å². The van der Waals surface area contributed by atoms with Gasteiger partial charge in [-0.2, -0.15) is 0 Å². The van der Waals surface area contributed by atoms with Crippen LogP contribution in [0, 0.1) is 5.92 Å². The molecule has 0 bridgehead atoms. The number of hydrogen-bond donors (Lipinski definition) is 1. The first-order valence-electron chi connectivity index (χ1n) is 7.94. The second kappa shape index (κ2) is 6.49. The van der Waals surface area contributed by atoms with Gasteiger partial charge >= 0.3 is 0 Å². The number of nitrogens with one attached hydrogen (secondary N) is 1. The summed E-state index contributed by atoms with van der Waals surface area (Å²) in [5.74, 6) is 2.45. The molecule has 116 valence electrons. The molecule has 1 fully saturated rings. The van der Waals surface area contributed by atoms with E-state index in [-0.39, 0.29) is 11.3 Å². The third-order valence-corrected chi connectivity index (χ3v) is 6.92. The standard InChI is InChI=1S/C17H25NO2S/c1-18-17-15-10-14(20-2)8-7-13(15)9-16(17)21(19)11-12-5-3-4-6-12/h7-8,10,12,16-18H,3-6,9,11H2,1-2H3. The zero-order chi connectivity index (χ0) is 14.8. The maximum atomic E-state index is 12.8. The maximum Gasteiger partial charge on any atom is 0.119 e. The van der Waals surface area contributed by atoms with Crippen molar-refractivity contribution >= 4 is 10.8 Å². The minimum absolute atomic E-state index is 0.192. The molecule has 0 spiro atoms. The van der Waals surface area contributed by atoms with Gasteiger partial charge in [-0.1, -0.05) is 18.9 Å². The highest BCUT2D eigenvalue weighted by Crippen LogP contribution is 2.37. The third kappa shape index (κ3) is 3.02. The molecular weight excluding hydrogens is 282 g/mol. The monoisotopic (exact) mass is 307 g/mol. The molecule has 1 aromatic rings. The molecule has 1 N–H and O–H groups in total. The molecule has 2 aliphatic rings. The van der Waals surface area contributed by atoms with Gasteiger partial charge in [0.05, 0.1) is 12.4 Å². The molecule has 0 amide bonds. The van der Waals surface area contributed by atoms with Gasteiger partial charge in [-0.05, 0) is 55.5 Å². The highest BCUT2D eigenvalue weighted by atomic mass is 32.2. The first-order valence-corrected chi connectivity index (χ1v) is 9.32. The van der Waals surface area contributed by atoms with E-state index in [0.717, 1.165) is 17.9 Å².